The Morgan fingerprint density at radius 3 is 2.57 bits per heavy atom. The Kier molecular flexibility index (Phi) is 6.27. The van der Waals surface area contributed by atoms with E-state index in [1.807, 2.05) is 11.0 Å². The molecule has 2 amide bonds. The van der Waals surface area contributed by atoms with Crippen molar-refractivity contribution in [3.8, 4) is 0 Å². The molecule has 0 bridgehead atoms. The summed E-state index contributed by atoms with van der Waals surface area (Å²) in [5.74, 6) is 0.357. The highest BCUT2D eigenvalue weighted by atomic mass is 16.2. The third-order valence-electron chi connectivity index (χ3n) is 5.99. The molecule has 0 radical (unpaired) electrons. The quantitative estimate of drug-likeness (QED) is 0.833. The zero-order chi connectivity index (χ0) is 19.2. The van der Waals surface area contributed by atoms with E-state index in [2.05, 4.69) is 44.7 Å². The summed E-state index contributed by atoms with van der Waals surface area (Å²) in [6.07, 6.45) is 7.93. The molecule has 1 aromatic heterocycles. The number of amides is 2. The predicted octanol–water partition coefficient (Wildman–Crippen LogP) is 3.48. The van der Waals surface area contributed by atoms with Crippen molar-refractivity contribution in [3.63, 3.8) is 0 Å². The average molecular weight is 382 g/mol. The normalized spacial score (nSPS) is 20.9. The number of aromatic amines is 1. The van der Waals surface area contributed by atoms with Gasteiger partial charge in [-0.2, -0.15) is 5.10 Å². The van der Waals surface area contributed by atoms with Gasteiger partial charge in [-0.3, -0.25) is 10.00 Å². The first kappa shape index (κ1) is 19.0. The summed E-state index contributed by atoms with van der Waals surface area (Å²) in [5.41, 5.74) is 3.63. The predicted molar refractivity (Wildman–Crippen MR) is 110 cm³/mol. The Hall–Kier alpha value is -2.34. The lowest BCUT2D eigenvalue weighted by Crippen LogP contribution is -2.44. The Morgan fingerprint density at radius 2 is 1.82 bits per heavy atom. The molecule has 6 nitrogen and oxygen atoms in total. The molecule has 0 saturated carbocycles. The molecule has 2 aliphatic heterocycles. The van der Waals surface area contributed by atoms with Gasteiger partial charge in [0.2, 0.25) is 0 Å². The van der Waals surface area contributed by atoms with Crippen LogP contribution in [0.1, 0.15) is 54.8 Å². The number of urea groups is 1. The van der Waals surface area contributed by atoms with Gasteiger partial charge in [-0.15, -0.1) is 0 Å². The van der Waals surface area contributed by atoms with E-state index in [9.17, 15) is 4.79 Å². The van der Waals surface area contributed by atoms with Gasteiger partial charge in [-0.25, -0.2) is 4.79 Å². The van der Waals surface area contributed by atoms with Crippen LogP contribution in [-0.4, -0.2) is 52.2 Å². The second-order valence-electron chi connectivity index (χ2n) is 8.11. The van der Waals surface area contributed by atoms with Crippen LogP contribution in [0.3, 0.4) is 0 Å². The van der Waals surface area contributed by atoms with E-state index in [0.29, 0.717) is 12.5 Å². The maximum atomic E-state index is 12.6. The summed E-state index contributed by atoms with van der Waals surface area (Å²) >= 11 is 0. The van der Waals surface area contributed by atoms with Crippen LogP contribution in [0.4, 0.5) is 4.79 Å². The summed E-state index contributed by atoms with van der Waals surface area (Å²) < 4.78 is 0. The lowest BCUT2D eigenvalue weighted by molar-refractivity contribution is 0.178. The fourth-order valence-corrected chi connectivity index (χ4v) is 4.34. The largest absolute Gasteiger partial charge is 0.334 e. The van der Waals surface area contributed by atoms with Gasteiger partial charge in [-0.1, -0.05) is 30.7 Å². The number of rotatable bonds is 5. The Bertz CT molecular complexity index is 737. The number of piperidine rings is 2. The van der Waals surface area contributed by atoms with Crippen LogP contribution < -0.4 is 5.32 Å². The van der Waals surface area contributed by atoms with Crippen molar-refractivity contribution in [1.29, 1.82) is 0 Å². The number of carbonyl (C=O) groups is 1. The molecule has 28 heavy (non-hydrogen) atoms. The molecule has 1 aromatic carbocycles. The van der Waals surface area contributed by atoms with Gasteiger partial charge >= 0.3 is 6.03 Å². The van der Waals surface area contributed by atoms with Crippen LogP contribution in [0.5, 0.6) is 0 Å². The van der Waals surface area contributed by atoms with Crippen LogP contribution in [-0.2, 0) is 13.1 Å². The third kappa shape index (κ3) is 4.93. The minimum Gasteiger partial charge on any atom is -0.334 e. The van der Waals surface area contributed by atoms with Gasteiger partial charge in [-0.05, 0) is 56.0 Å². The van der Waals surface area contributed by atoms with Crippen molar-refractivity contribution >= 4 is 6.03 Å². The molecule has 0 spiro atoms. The first-order valence-electron chi connectivity index (χ1n) is 10.6. The van der Waals surface area contributed by atoms with E-state index < -0.39 is 0 Å². The van der Waals surface area contributed by atoms with E-state index in [-0.39, 0.29) is 6.03 Å². The minimum atomic E-state index is 0.0293. The summed E-state index contributed by atoms with van der Waals surface area (Å²) in [5, 5.41) is 10.2. The van der Waals surface area contributed by atoms with Crippen molar-refractivity contribution in [1.82, 2.24) is 25.3 Å². The van der Waals surface area contributed by atoms with E-state index >= 15 is 0 Å². The Morgan fingerprint density at radius 1 is 1.04 bits per heavy atom. The third-order valence-corrected chi connectivity index (χ3v) is 5.99. The maximum Gasteiger partial charge on any atom is 0.317 e. The molecule has 4 rings (SSSR count). The number of carbonyl (C=O) groups excluding carboxylic acids is 1. The number of aromatic nitrogens is 2. The number of hydrogen-bond acceptors (Lipinski definition) is 3. The topological polar surface area (TPSA) is 64.3 Å². The molecule has 2 N–H and O–H groups in total. The monoisotopic (exact) mass is 381 g/mol. The van der Waals surface area contributed by atoms with E-state index in [1.165, 1.54) is 37.9 Å². The van der Waals surface area contributed by atoms with Gasteiger partial charge in [0.15, 0.2) is 0 Å². The van der Waals surface area contributed by atoms with Crippen molar-refractivity contribution in [2.24, 2.45) is 0 Å². The average Bonchev–Trinajstić information content (AvgIpc) is 3.29. The zero-order valence-corrected chi connectivity index (χ0v) is 16.6. The molecule has 2 saturated heterocycles. The van der Waals surface area contributed by atoms with Gasteiger partial charge in [0.25, 0.3) is 0 Å². The van der Waals surface area contributed by atoms with Crippen molar-refractivity contribution < 1.29 is 4.79 Å². The molecule has 3 heterocycles. The summed E-state index contributed by atoms with van der Waals surface area (Å²) in [4.78, 5) is 17.1. The maximum absolute atomic E-state index is 12.6. The SMILES string of the molecule is O=C(NCc1ccc(CN2CCCCC2)cc1)N1CCCC(c2ccn[nH]2)C1. The summed E-state index contributed by atoms with van der Waals surface area (Å²) in [7, 11) is 0. The second-order valence-corrected chi connectivity index (χ2v) is 8.11. The molecule has 1 unspecified atom stereocenters. The first-order valence-corrected chi connectivity index (χ1v) is 10.6. The van der Waals surface area contributed by atoms with Gasteiger partial charge in [0.05, 0.1) is 0 Å². The fourth-order valence-electron chi connectivity index (χ4n) is 4.34. The highest BCUT2D eigenvalue weighted by Crippen LogP contribution is 2.25. The molecule has 6 heteroatoms. The number of likely N-dealkylation sites (tertiary alicyclic amines) is 2. The lowest BCUT2D eigenvalue weighted by Gasteiger charge is -2.32. The smallest absolute Gasteiger partial charge is 0.317 e. The molecule has 2 fully saturated rings. The number of hydrogen-bond donors (Lipinski definition) is 2. The van der Waals surface area contributed by atoms with Crippen LogP contribution >= 0.6 is 0 Å². The lowest BCUT2D eigenvalue weighted by atomic mass is 9.95. The second kappa shape index (κ2) is 9.24. The van der Waals surface area contributed by atoms with Crippen LogP contribution in [0.15, 0.2) is 36.5 Å². The summed E-state index contributed by atoms with van der Waals surface area (Å²) in [6.45, 7) is 5.62. The highest BCUT2D eigenvalue weighted by molar-refractivity contribution is 5.74. The van der Waals surface area contributed by atoms with Gasteiger partial charge in [0.1, 0.15) is 0 Å². The molecule has 0 aliphatic carbocycles. The molecule has 2 aliphatic rings. The van der Waals surface area contributed by atoms with Crippen molar-refractivity contribution in [3.05, 3.63) is 53.3 Å². The Balaban J connectivity index is 1.25. The van der Waals surface area contributed by atoms with Crippen LogP contribution in [0, 0.1) is 0 Å². The van der Waals surface area contributed by atoms with E-state index in [1.54, 1.807) is 6.20 Å². The molecular formula is C22H31N5O. The van der Waals surface area contributed by atoms with Gasteiger partial charge < -0.3 is 10.2 Å². The first-order chi connectivity index (χ1) is 13.8. The zero-order valence-electron chi connectivity index (χ0n) is 16.6. The molecule has 2 aromatic rings. The Labute approximate surface area is 167 Å². The summed E-state index contributed by atoms with van der Waals surface area (Å²) in [6, 6.07) is 10.7. The number of H-pyrrole nitrogens is 1. The highest BCUT2D eigenvalue weighted by Gasteiger charge is 2.25. The van der Waals surface area contributed by atoms with Crippen LogP contribution in [0.2, 0.25) is 0 Å². The standard InChI is InChI=1S/C22H31N5O/c28-22(27-14-4-5-20(17-27)21-10-11-24-25-21)23-15-18-6-8-19(9-7-18)16-26-12-2-1-3-13-26/h6-11,20H,1-5,12-17H2,(H,23,28)(H,24,25). The molecule has 150 valence electrons. The van der Waals surface area contributed by atoms with E-state index in [4.69, 9.17) is 0 Å². The minimum absolute atomic E-state index is 0.0293. The molecular weight excluding hydrogens is 350 g/mol. The van der Waals surface area contributed by atoms with Crippen molar-refractivity contribution in [2.45, 2.75) is 51.1 Å². The number of benzene rings is 1. The van der Waals surface area contributed by atoms with Crippen LogP contribution in [0.25, 0.3) is 0 Å². The molecule has 1 atom stereocenters. The van der Waals surface area contributed by atoms with Gasteiger partial charge in [0, 0.05) is 44.0 Å². The fraction of sp³-hybridized carbons (Fsp3) is 0.545. The number of nitrogens with one attached hydrogen (secondary N) is 2. The number of nitrogens with zero attached hydrogens (tertiary/aromatic N) is 3. The van der Waals surface area contributed by atoms with E-state index in [0.717, 1.165) is 43.7 Å². The van der Waals surface area contributed by atoms with Crippen molar-refractivity contribution in [2.75, 3.05) is 26.2 Å².